The van der Waals surface area contributed by atoms with Crippen LogP contribution >= 0.6 is 34.8 Å². The molecule has 8 heteroatoms. The third kappa shape index (κ3) is 5.64. The number of amides is 2. The highest BCUT2D eigenvalue weighted by Crippen LogP contribution is 2.34. The molecule has 1 fully saturated rings. The third-order valence-corrected chi connectivity index (χ3v) is 5.92. The molecule has 2 aromatic rings. The normalized spacial score (nSPS) is 15.6. The monoisotopic (exact) mass is 454 g/mol. The van der Waals surface area contributed by atoms with Crippen LogP contribution in [0.3, 0.4) is 0 Å². The Bertz CT molecular complexity index is 881. The molecule has 0 aliphatic carbocycles. The Balaban J connectivity index is 1.59. The van der Waals surface area contributed by atoms with Gasteiger partial charge >= 0.3 is 0 Å². The second-order valence-corrected chi connectivity index (χ2v) is 8.26. The molecule has 1 aliphatic rings. The molecule has 0 atom stereocenters. The Morgan fingerprint density at radius 3 is 2.24 bits per heavy atom. The Morgan fingerprint density at radius 1 is 0.931 bits per heavy atom. The molecule has 2 amide bonds. The van der Waals surface area contributed by atoms with E-state index in [0.29, 0.717) is 29.8 Å². The first-order chi connectivity index (χ1) is 13.9. The summed E-state index contributed by atoms with van der Waals surface area (Å²) in [5.41, 5.74) is 1.16. The average Bonchev–Trinajstić information content (AvgIpc) is 2.71. The molecule has 1 heterocycles. The van der Waals surface area contributed by atoms with E-state index in [0.717, 1.165) is 18.4 Å². The number of carbonyl (C=O) groups excluding carboxylic acids is 2. The predicted octanol–water partition coefficient (Wildman–Crippen LogP) is 4.24. The van der Waals surface area contributed by atoms with Crippen LogP contribution in [0.5, 0.6) is 0 Å². The van der Waals surface area contributed by atoms with Crippen molar-refractivity contribution in [2.75, 3.05) is 26.3 Å². The number of carbonyl (C=O) groups is 2. The molecule has 1 saturated heterocycles. The first-order valence-corrected chi connectivity index (χ1v) is 10.4. The molecular formula is C21H21Cl3N2O3. The van der Waals surface area contributed by atoms with Crippen molar-refractivity contribution in [1.82, 2.24) is 10.6 Å². The summed E-state index contributed by atoms with van der Waals surface area (Å²) in [4.78, 5) is 24.6. The van der Waals surface area contributed by atoms with Gasteiger partial charge in [0.2, 0.25) is 5.91 Å². The van der Waals surface area contributed by atoms with Gasteiger partial charge in [0.25, 0.3) is 5.91 Å². The smallest absolute Gasteiger partial charge is 0.253 e. The van der Waals surface area contributed by atoms with Gasteiger partial charge in [0.05, 0.1) is 17.1 Å². The SMILES string of the molecule is O=C(CNC(=O)c1ccc(Cl)cc1Cl)NCC1(c2ccc(Cl)cc2)CCOCC1. The molecule has 0 radical (unpaired) electrons. The van der Waals surface area contributed by atoms with Crippen molar-refractivity contribution in [2.45, 2.75) is 18.3 Å². The topological polar surface area (TPSA) is 67.4 Å². The second-order valence-electron chi connectivity index (χ2n) is 6.98. The Labute approximate surface area is 184 Å². The van der Waals surface area contributed by atoms with E-state index in [1.807, 2.05) is 24.3 Å². The van der Waals surface area contributed by atoms with Crippen molar-refractivity contribution >= 4 is 46.6 Å². The van der Waals surface area contributed by atoms with Gasteiger partial charge in [-0.2, -0.15) is 0 Å². The van der Waals surface area contributed by atoms with E-state index in [9.17, 15) is 9.59 Å². The number of benzene rings is 2. The number of hydrogen-bond acceptors (Lipinski definition) is 3. The zero-order valence-corrected chi connectivity index (χ0v) is 17.9. The molecular weight excluding hydrogens is 435 g/mol. The van der Waals surface area contributed by atoms with Gasteiger partial charge in [0.1, 0.15) is 0 Å². The summed E-state index contributed by atoms with van der Waals surface area (Å²) in [5, 5.41) is 6.87. The van der Waals surface area contributed by atoms with Crippen molar-refractivity contribution in [3.8, 4) is 0 Å². The molecule has 0 saturated carbocycles. The van der Waals surface area contributed by atoms with Gasteiger partial charge in [-0.25, -0.2) is 0 Å². The largest absolute Gasteiger partial charge is 0.381 e. The van der Waals surface area contributed by atoms with E-state index in [4.69, 9.17) is 39.5 Å². The highest BCUT2D eigenvalue weighted by Gasteiger charge is 2.34. The van der Waals surface area contributed by atoms with Gasteiger partial charge in [-0.15, -0.1) is 0 Å². The molecule has 3 rings (SSSR count). The van der Waals surface area contributed by atoms with E-state index in [-0.39, 0.29) is 28.5 Å². The molecule has 2 aromatic carbocycles. The summed E-state index contributed by atoms with van der Waals surface area (Å²) in [6, 6.07) is 12.3. The summed E-state index contributed by atoms with van der Waals surface area (Å²) in [6.07, 6.45) is 1.59. The van der Waals surface area contributed by atoms with Gasteiger partial charge in [-0.3, -0.25) is 9.59 Å². The molecule has 1 aliphatic heterocycles. The van der Waals surface area contributed by atoms with Crippen LogP contribution in [0.15, 0.2) is 42.5 Å². The van der Waals surface area contributed by atoms with E-state index in [1.165, 1.54) is 12.1 Å². The highest BCUT2D eigenvalue weighted by atomic mass is 35.5. The van der Waals surface area contributed by atoms with Crippen molar-refractivity contribution < 1.29 is 14.3 Å². The summed E-state index contributed by atoms with van der Waals surface area (Å²) in [5.74, 6) is -0.705. The molecule has 0 bridgehead atoms. The molecule has 154 valence electrons. The van der Waals surface area contributed by atoms with Crippen LogP contribution in [-0.2, 0) is 14.9 Å². The van der Waals surface area contributed by atoms with Gasteiger partial charge in [0.15, 0.2) is 0 Å². The lowest BCUT2D eigenvalue weighted by molar-refractivity contribution is -0.120. The number of ether oxygens (including phenoxy) is 1. The summed E-state index contributed by atoms with van der Waals surface area (Å²) >= 11 is 17.9. The lowest BCUT2D eigenvalue weighted by Gasteiger charge is -2.38. The second kappa shape index (κ2) is 9.81. The summed E-state index contributed by atoms with van der Waals surface area (Å²) < 4.78 is 5.51. The minimum Gasteiger partial charge on any atom is -0.381 e. The van der Waals surface area contributed by atoms with Crippen molar-refractivity contribution in [2.24, 2.45) is 0 Å². The first-order valence-electron chi connectivity index (χ1n) is 9.23. The lowest BCUT2D eigenvalue weighted by atomic mass is 9.74. The number of halogens is 3. The van der Waals surface area contributed by atoms with Crippen molar-refractivity contribution in [3.05, 3.63) is 68.7 Å². The van der Waals surface area contributed by atoms with Crippen molar-refractivity contribution in [3.63, 3.8) is 0 Å². The van der Waals surface area contributed by atoms with Crippen molar-refractivity contribution in [1.29, 1.82) is 0 Å². The quantitative estimate of drug-likeness (QED) is 0.684. The van der Waals surface area contributed by atoms with Crippen LogP contribution in [0.2, 0.25) is 15.1 Å². The molecule has 29 heavy (non-hydrogen) atoms. The Hall–Kier alpha value is -1.79. The minimum atomic E-state index is -0.430. The van der Waals surface area contributed by atoms with Crippen LogP contribution < -0.4 is 10.6 Å². The van der Waals surface area contributed by atoms with Crippen LogP contribution in [0.4, 0.5) is 0 Å². The molecule has 5 nitrogen and oxygen atoms in total. The molecule has 0 spiro atoms. The van der Waals surface area contributed by atoms with Gasteiger partial charge in [-0.05, 0) is 48.7 Å². The van der Waals surface area contributed by atoms with Gasteiger partial charge < -0.3 is 15.4 Å². The third-order valence-electron chi connectivity index (χ3n) is 5.12. The van der Waals surface area contributed by atoms with Crippen LogP contribution in [0.1, 0.15) is 28.8 Å². The zero-order chi connectivity index (χ0) is 20.9. The maximum atomic E-state index is 12.4. The minimum absolute atomic E-state index is 0.148. The van der Waals surface area contributed by atoms with Crippen LogP contribution in [0, 0.1) is 0 Å². The first kappa shape index (κ1) is 21.9. The van der Waals surface area contributed by atoms with Gasteiger partial charge in [-0.1, -0.05) is 46.9 Å². The number of rotatable bonds is 6. The fourth-order valence-corrected chi connectivity index (χ4v) is 4.01. The Kier molecular flexibility index (Phi) is 7.41. The maximum Gasteiger partial charge on any atom is 0.253 e. The van der Waals surface area contributed by atoms with Gasteiger partial charge in [0, 0.05) is 35.2 Å². The van der Waals surface area contributed by atoms with E-state index < -0.39 is 5.91 Å². The van der Waals surface area contributed by atoms with E-state index in [2.05, 4.69) is 10.6 Å². The molecule has 0 unspecified atom stereocenters. The molecule has 2 N–H and O–H groups in total. The lowest BCUT2D eigenvalue weighted by Crippen LogP contribution is -2.47. The fourth-order valence-electron chi connectivity index (χ4n) is 3.39. The van der Waals surface area contributed by atoms with Crippen LogP contribution in [0.25, 0.3) is 0 Å². The van der Waals surface area contributed by atoms with E-state index >= 15 is 0 Å². The average molecular weight is 456 g/mol. The highest BCUT2D eigenvalue weighted by molar-refractivity contribution is 6.36. The summed E-state index contributed by atoms with van der Waals surface area (Å²) in [6.45, 7) is 1.56. The van der Waals surface area contributed by atoms with Crippen LogP contribution in [-0.4, -0.2) is 38.1 Å². The number of hydrogen-bond donors (Lipinski definition) is 2. The standard InChI is InChI=1S/C21H21Cl3N2O3/c22-15-3-1-14(2-4-15)21(7-9-29-10-8-21)13-26-19(27)12-25-20(28)17-6-5-16(23)11-18(17)24/h1-6,11H,7-10,12-13H2,(H,25,28)(H,26,27). The zero-order valence-electron chi connectivity index (χ0n) is 15.6. The Morgan fingerprint density at radius 2 is 1.59 bits per heavy atom. The predicted molar refractivity (Wildman–Crippen MR) is 115 cm³/mol. The number of nitrogens with one attached hydrogen (secondary N) is 2. The van der Waals surface area contributed by atoms with E-state index in [1.54, 1.807) is 6.07 Å². The fraction of sp³-hybridized carbons (Fsp3) is 0.333. The summed E-state index contributed by atoms with van der Waals surface area (Å²) in [7, 11) is 0. The maximum absolute atomic E-state index is 12.4. The molecule has 0 aromatic heterocycles.